The number of benzene rings is 1. The van der Waals surface area contributed by atoms with Crippen molar-refractivity contribution in [2.75, 3.05) is 33.2 Å². The molecule has 2 heterocycles. The molecular weight excluding hydrogens is 350 g/mol. The number of carbonyl (C=O) groups excluding carboxylic acids is 1. The van der Waals surface area contributed by atoms with Crippen LogP contribution in [0.3, 0.4) is 0 Å². The molecule has 0 radical (unpaired) electrons. The third-order valence-electron chi connectivity index (χ3n) is 4.41. The molecule has 1 fully saturated rings. The molecule has 2 aromatic rings. The van der Waals surface area contributed by atoms with E-state index < -0.39 is 0 Å². The minimum Gasteiger partial charge on any atom is -0.338 e. The van der Waals surface area contributed by atoms with Gasteiger partial charge in [0.2, 0.25) is 5.91 Å². The van der Waals surface area contributed by atoms with E-state index in [-0.39, 0.29) is 16.5 Å². The Kier molecular flexibility index (Phi) is 5.80. The SMILES string of the molecule is CN1CCCN(C(=O)/C=C/c2ccc(-c3ccccc3[N+](=O)[O-])s2)CC1. The first-order valence-electron chi connectivity index (χ1n) is 8.54. The number of hydrogen-bond acceptors (Lipinski definition) is 5. The standard InChI is InChI=1S/C19H21N3O3S/c1-20-11-4-12-21(14-13-20)19(23)10-8-15-7-9-18(26-15)16-5-2-3-6-17(16)22(24)25/h2-3,5-10H,4,11-14H2,1H3/b10-8+. The fourth-order valence-corrected chi connectivity index (χ4v) is 3.90. The molecule has 6 nitrogen and oxygen atoms in total. The fraction of sp³-hybridized carbons (Fsp3) is 0.316. The third-order valence-corrected chi connectivity index (χ3v) is 5.50. The van der Waals surface area contributed by atoms with Crippen LogP contribution in [-0.4, -0.2) is 53.9 Å². The van der Waals surface area contributed by atoms with Crippen LogP contribution in [0.1, 0.15) is 11.3 Å². The predicted octanol–water partition coefficient (Wildman–Crippen LogP) is 3.50. The van der Waals surface area contributed by atoms with E-state index in [4.69, 9.17) is 0 Å². The largest absolute Gasteiger partial charge is 0.338 e. The topological polar surface area (TPSA) is 66.7 Å². The van der Waals surface area contributed by atoms with Crippen molar-refractivity contribution in [3.8, 4) is 10.4 Å². The Labute approximate surface area is 156 Å². The summed E-state index contributed by atoms with van der Waals surface area (Å²) in [6.45, 7) is 3.42. The van der Waals surface area contributed by atoms with E-state index in [1.165, 1.54) is 17.4 Å². The summed E-state index contributed by atoms with van der Waals surface area (Å²) in [6, 6.07) is 10.4. The van der Waals surface area contributed by atoms with E-state index in [2.05, 4.69) is 11.9 Å². The first-order valence-corrected chi connectivity index (χ1v) is 9.35. The molecule has 3 rings (SSSR count). The Morgan fingerprint density at radius 2 is 1.96 bits per heavy atom. The molecule has 0 N–H and O–H groups in total. The first kappa shape index (κ1) is 18.3. The molecule has 0 bridgehead atoms. The summed E-state index contributed by atoms with van der Waals surface area (Å²) in [6.07, 6.45) is 4.37. The molecule has 7 heteroatoms. The van der Waals surface area contributed by atoms with Gasteiger partial charge in [0.15, 0.2) is 0 Å². The lowest BCUT2D eigenvalue weighted by Crippen LogP contribution is -2.33. The lowest BCUT2D eigenvalue weighted by molar-refractivity contribution is -0.384. The molecule has 136 valence electrons. The van der Waals surface area contributed by atoms with Gasteiger partial charge in [-0.05, 0) is 44.3 Å². The monoisotopic (exact) mass is 371 g/mol. The Hall–Kier alpha value is -2.51. The van der Waals surface area contributed by atoms with E-state index in [1.54, 1.807) is 30.4 Å². The number of rotatable bonds is 4. The van der Waals surface area contributed by atoms with E-state index in [0.29, 0.717) is 5.56 Å². The Morgan fingerprint density at radius 1 is 1.15 bits per heavy atom. The zero-order chi connectivity index (χ0) is 18.5. The highest BCUT2D eigenvalue weighted by atomic mass is 32.1. The van der Waals surface area contributed by atoms with Crippen molar-refractivity contribution in [2.45, 2.75) is 6.42 Å². The molecule has 26 heavy (non-hydrogen) atoms. The number of thiophene rings is 1. The number of amides is 1. The van der Waals surface area contributed by atoms with E-state index in [0.717, 1.165) is 42.4 Å². The average Bonchev–Trinajstić information content (AvgIpc) is 3.00. The van der Waals surface area contributed by atoms with Gasteiger partial charge in [-0.2, -0.15) is 0 Å². The summed E-state index contributed by atoms with van der Waals surface area (Å²) in [4.78, 5) is 29.0. The van der Waals surface area contributed by atoms with Crippen molar-refractivity contribution in [1.82, 2.24) is 9.80 Å². The Morgan fingerprint density at radius 3 is 2.77 bits per heavy atom. The normalized spacial score (nSPS) is 16.0. The van der Waals surface area contributed by atoms with E-state index >= 15 is 0 Å². The van der Waals surface area contributed by atoms with Crippen LogP contribution in [0.15, 0.2) is 42.5 Å². The highest BCUT2D eigenvalue weighted by Crippen LogP contribution is 2.34. The summed E-state index contributed by atoms with van der Waals surface area (Å²) < 4.78 is 0. The number of para-hydroxylation sites is 1. The third kappa shape index (κ3) is 4.36. The minimum absolute atomic E-state index is 0.0148. The number of nitrogens with zero attached hydrogens (tertiary/aromatic N) is 3. The molecule has 1 aromatic heterocycles. The van der Waals surface area contributed by atoms with Crippen molar-refractivity contribution in [1.29, 1.82) is 0 Å². The number of likely N-dealkylation sites (N-methyl/N-ethyl adjacent to an activating group) is 1. The smallest absolute Gasteiger partial charge is 0.278 e. The Balaban J connectivity index is 1.71. The van der Waals surface area contributed by atoms with Gasteiger partial charge in [-0.3, -0.25) is 14.9 Å². The van der Waals surface area contributed by atoms with Gasteiger partial charge in [0, 0.05) is 41.5 Å². The lowest BCUT2D eigenvalue weighted by atomic mass is 10.1. The zero-order valence-electron chi connectivity index (χ0n) is 14.6. The van der Waals surface area contributed by atoms with Gasteiger partial charge in [0.25, 0.3) is 5.69 Å². The van der Waals surface area contributed by atoms with Crippen molar-refractivity contribution in [2.24, 2.45) is 0 Å². The maximum Gasteiger partial charge on any atom is 0.278 e. The molecule has 0 aliphatic carbocycles. The first-order chi connectivity index (χ1) is 12.5. The highest BCUT2D eigenvalue weighted by Gasteiger charge is 2.17. The maximum atomic E-state index is 12.4. The van der Waals surface area contributed by atoms with Crippen molar-refractivity contribution in [3.63, 3.8) is 0 Å². The van der Waals surface area contributed by atoms with Gasteiger partial charge >= 0.3 is 0 Å². The fourth-order valence-electron chi connectivity index (χ4n) is 2.95. The summed E-state index contributed by atoms with van der Waals surface area (Å²) in [5.74, 6) is 0.0148. The van der Waals surface area contributed by atoms with Gasteiger partial charge in [-0.15, -0.1) is 11.3 Å². The van der Waals surface area contributed by atoms with Crippen LogP contribution in [0, 0.1) is 10.1 Å². The second kappa shape index (κ2) is 8.25. The van der Waals surface area contributed by atoms with Crippen molar-refractivity contribution >= 4 is 29.0 Å². The molecule has 0 unspecified atom stereocenters. The van der Waals surface area contributed by atoms with Crippen LogP contribution >= 0.6 is 11.3 Å². The second-order valence-electron chi connectivity index (χ2n) is 6.29. The second-order valence-corrected chi connectivity index (χ2v) is 7.41. The number of nitro benzene ring substituents is 1. The summed E-state index contributed by atoms with van der Waals surface area (Å²) in [7, 11) is 2.07. The average molecular weight is 371 g/mol. The molecule has 1 amide bonds. The minimum atomic E-state index is -0.371. The summed E-state index contributed by atoms with van der Waals surface area (Å²) >= 11 is 1.44. The molecule has 1 aromatic carbocycles. The van der Waals surface area contributed by atoms with Crippen molar-refractivity contribution in [3.05, 3.63) is 57.5 Å². The highest BCUT2D eigenvalue weighted by molar-refractivity contribution is 7.16. The van der Waals surface area contributed by atoms with Crippen LogP contribution in [0.2, 0.25) is 0 Å². The number of carbonyl (C=O) groups is 1. The van der Waals surface area contributed by atoms with Gasteiger partial charge in [-0.25, -0.2) is 0 Å². The Bertz CT molecular complexity index is 831. The van der Waals surface area contributed by atoms with Gasteiger partial charge in [-0.1, -0.05) is 12.1 Å². The molecule has 1 aliphatic rings. The molecular formula is C19H21N3O3S. The van der Waals surface area contributed by atoms with E-state index in [9.17, 15) is 14.9 Å². The van der Waals surface area contributed by atoms with Crippen LogP contribution in [0.4, 0.5) is 5.69 Å². The van der Waals surface area contributed by atoms with Crippen LogP contribution in [0.25, 0.3) is 16.5 Å². The van der Waals surface area contributed by atoms with Gasteiger partial charge in [0.1, 0.15) is 0 Å². The predicted molar refractivity (Wildman–Crippen MR) is 104 cm³/mol. The quantitative estimate of drug-likeness (QED) is 0.469. The zero-order valence-corrected chi connectivity index (χ0v) is 15.4. The van der Waals surface area contributed by atoms with Crippen molar-refractivity contribution < 1.29 is 9.72 Å². The van der Waals surface area contributed by atoms with Crippen LogP contribution in [-0.2, 0) is 4.79 Å². The van der Waals surface area contributed by atoms with Crippen LogP contribution in [0.5, 0.6) is 0 Å². The van der Waals surface area contributed by atoms with E-state index in [1.807, 2.05) is 17.0 Å². The molecule has 0 spiro atoms. The molecule has 1 saturated heterocycles. The number of hydrogen-bond donors (Lipinski definition) is 0. The number of nitro groups is 1. The lowest BCUT2D eigenvalue weighted by Gasteiger charge is -2.18. The van der Waals surface area contributed by atoms with Crippen LogP contribution < -0.4 is 0 Å². The molecule has 1 aliphatic heterocycles. The molecule has 0 atom stereocenters. The van der Waals surface area contributed by atoms with Gasteiger partial charge < -0.3 is 9.80 Å². The molecule has 0 saturated carbocycles. The summed E-state index contributed by atoms with van der Waals surface area (Å²) in [5.41, 5.74) is 0.693. The maximum absolute atomic E-state index is 12.4. The van der Waals surface area contributed by atoms with Gasteiger partial charge in [0.05, 0.1) is 10.5 Å². The summed E-state index contributed by atoms with van der Waals surface area (Å²) in [5, 5.41) is 11.2.